The Balaban J connectivity index is 1.33. The summed E-state index contributed by atoms with van der Waals surface area (Å²) in [6.07, 6.45) is 2.33. The number of ether oxygens (including phenoxy) is 2. The van der Waals surface area contributed by atoms with E-state index in [0.29, 0.717) is 56.3 Å². The van der Waals surface area contributed by atoms with E-state index in [4.69, 9.17) is 9.47 Å². The van der Waals surface area contributed by atoms with E-state index in [0.717, 1.165) is 18.8 Å². The lowest BCUT2D eigenvalue weighted by molar-refractivity contribution is -0.00539. The molecule has 4 rings (SSSR count). The topological polar surface area (TPSA) is 87.2 Å². The zero-order valence-corrected chi connectivity index (χ0v) is 21.1. The Morgan fingerprint density at radius 2 is 1.86 bits per heavy atom. The van der Waals surface area contributed by atoms with Crippen LogP contribution in [0.2, 0.25) is 0 Å². The van der Waals surface area contributed by atoms with Crippen LogP contribution in [0, 0.1) is 5.82 Å². The van der Waals surface area contributed by atoms with Gasteiger partial charge in [-0.05, 0) is 57.5 Å². The number of nitrogens with one attached hydrogen (secondary N) is 1. The normalized spacial score (nSPS) is 20.6. The number of halogens is 1. The number of nitrogens with zero attached hydrogens (tertiary/aromatic N) is 4. The molecule has 2 aromatic rings. The zero-order chi connectivity index (χ0) is 25.7. The molecule has 10 heteroatoms. The molecule has 2 aliphatic heterocycles. The highest BCUT2D eigenvalue weighted by Crippen LogP contribution is 2.26. The molecule has 0 aliphatic carbocycles. The minimum atomic E-state index is -0.395. The van der Waals surface area contributed by atoms with E-state index in [-0.39, 0.29) is 24.1 Å². The third kappa shape index (κ3) is 6.23. The van der Waals surface area contributed by atoms with E-state index in [9.17, 15) is 14.0 Å². The minimum Gasteiger partial charge on any atom is -0.462 e. The van der Waals surface area contributed by atoms with Gasteiger partial charge in [-0.3, -0.25) is 0 Å². The van der Waals surface area contributed by atoms with Crippen LogP contribution < -0.4 is 15.1 Å². The average molecular weight is 500 g/mol. The van der Waals surface area contributed by atoms with Crippen LogP contribution in [-0.2, 0) is 9.47 Å². The number of carbonyl (C=O) groups excluding carboxylic acids is 2. The van der Waals surface area contributed by atoms with Gasteiger partial charge in [0.05, 0.1) is 30.1 Å². The summed E-state index contributed by atoms with van der Waals surface area (Å²) in [5.74, 6) is -0.0167. The minimum absolute atomic E-state index is 0.0286. The van der Waals surface area contributed by atoms with Crippen LogP contribution >= 0.6 is 0 Å². The Bertz CT molecular complexity index is 1060. The lowest BCUT2D eigenvalue weighted by Gasteiger charge is -2.37. The number of anilines is 3. The molecule has 0 spiro atoms. The molecule has 2 aliphatic rings. The lowest BCUT2D eigenvalue weighted by atomic mass is 10.2. The molecule has 0 radical (unpaired) electrons. The molecule has 3 heterocycles. The highest BCUT2D eigenvalue weighted by atomic mass is 19.1. The highest BCUT2D eigenvalue weighted by molar-refractivity contribution is 5.90. The van der Waals surface area contributed by atoms with Crippen molar-refractivity contribution >= 4 is 29.2 Å². The average Bonchev–Trinajstić information content (AvgIpc) is 3.10. The second-order valence-electron chi connectivity index (χ2n) is 9.21. The number of rotatable bonds is 5. The fraction of sp³-hybridized carbons (Fsp3) is 0.500. The Morgan fingerprint density at radius 1 is 1.08 bits per heavy atom. The lowest BCUT2D eigenvalue weighted by Crippen LogP contribution is -2.45. The van der Waals surface area contributed by atoms with Gasteiger partial charge in [-0.15, -0.1) is 0 Å². The number of morpholine rings is 1. The van der Waals surface area contributed by atoms with Crippen LogP contribution in [0.4, 0.5) is 26.4 Å². The molecule has 9 nitrogen and oxygen atoms in total. The van der Waals surface area contributed by atoms with Gasteiger partial charge in [-0.2, -0.15) is 0 Å². The largest absolute Gasteiger partial charge is 0.462 e. The van der Waals surface area contributed by atoms with Gasteiger partial charge in [0.15, 0.2) is 0 Å². The quantitative estimate of drug-likeness (QED) is 0.627. The zero-order valence-electron chi connectivity index (χ0n) is 21.1. The maximum atomic E-state index is 14.9. The van der Waals surface area contributed by atoms with Crippen molar-refractivity contribution in [3.05, 3.63) is 47.9 Å². The van der Waals surface area contributed by atoms with Gasteiger partial charge in [-0.25, -0.2) is 19.0 Å². The molecule has 0 bridgehead atoms. The molecule has 194 valence electrons. The summed E-state index contributed by atoms with van der Waals surface area (Å²) in [7, 11) is 0. The SMILES string of the molecule is CCOC(=O)c1ccc(N2CCCN(C(=O)Nc3ccc(N4CC(C)OC(C)C4)c(F)c3)CC2)nc1. The maximum Gasteiger partial charge on any atom is 0.339 e. The van der Waals surface area contributed by atoms with Crippen molar-refractivity contribution in [1.82, 2.24) is 9.88 Å². The van der Waals surface area contributed by atoms with Crippen LogP contribution in [0.15, 0.2) is 36.5 Å². The predicted octanol–water partition coefficient (Wildman–Crippen LogP) is 3.76. The molecule has 2 atom stereocenters. The predicted molar refractivity (Wildman–Crippen MR) is 136 cm³/mol. The van der Waals surface area contributed by atoms with Gasteiger partial charge in [0, 0.05) is 51.2 Å². The molecule has 36 heavy (non-hydrogen) atoms. The van der Waals surface area contributed by atoms with Crippen molar-refractivity contribution in [2.75, 3.05) is 61.0 Å². The number of amides is 2. The monoisotopic (exact) mass is 499 g/mol. The van der Waals surface area contributed by atoms with E-state index in [1.54, 1.807) is 36.1 Å². The van der Waals surface area contributed by atoms with Gasteiger partial charge < -0.3 is 29.5 Å². The molecular weight excluding hydrogens is 465 g/mol. The van der Waals surface area contributed by atoms with Crippen LogP contribution in [-0.4, -0.2) is 80.0 Å². The van der Waals surface area contributed by atoms with Crippen molar-refractivity contribution < 1.29 is 23.5 Å². The molecule has 1 N–H and O–H groups in total. The van der Waals surface area contributed by atoms with Crippen molar-refractivity contribution in [3.8, 4) is 0 Å². The molecule has 2 unspecified atom stereocenters. The Hall–Kier alpha value is -3.40. The van der Waals surface area contributed by atoms with Gasteiger partial charge in [0.1, 0.15) is 11.6 Å². The van der Waals surface area contributed by atoms with Crippen molar-refractivity contribution in [2.45, 2.75) is 39.4 Å². The van der Waals surface area contributed by atoms with E-state index in [2.05, 4.69) is 15.2 Å². The first-order chi connectivity index (χ1) is 17.3. The number of pyridine rings is 1. The molecule has 2 amide bonds. The summed E-state index contributed by atoms with van der Waals surface area (Å²) >= 11 is 0. The Kier molecular flexibility index (Phi) is 8.25. The highest BCUT2D eigenvalue weighted by Gasteiger charge is 2.25. The number of carbonyl (C=O) groups is 2. The van der Waals surface area contributed by atoms with Crippen LogP contribution in [0.5, 0.6) is 0 Å². The van der Waals surface area contributed by atoms with Crippen molar-refractivity contribution in [3.63, 3.8) is 0 Å². The van der Waals surface area contributed by atoms with Crippen LogP contribution in [0.3, 0.4) is 0 Å². The number of esters is 1. The van der Waals surface area contributed by atoms with Gasteiger partial charge in [0.25, 0.3) is 0 Å². The van der Waals surface area contributed by atoms with Crippen LogP contribution in [0.1, 0.15) is 37.6 Å². The fourth-order valence-corrected chi connectivity index (χ4v) is 4.68. The number of aromatic nitrogens is 1. The summed E-state index contributed by atoms with van der Waals surface area (Å²) in [4.78, 5) is 34.9. The number of hydrogen-bond acceptors (Lipinski definition) is 7. The van der Waals surface area contributed by atoms with Gasteiger partial charge in [0.2, 0.25) is 0 Å². The smallest absolute Gasteiger partial charge is 0.339 e. The van der Waals surface area contributed by atoms with Crippen molar-refractivity contribution in [2.24, 2.45) is 0 Å². The summed E-state index contributed by atoms with van der Waals surface area (Å²) < 4.78 is 25.7. The molecule has 2 fully saturated rings. The van der Waals surface area contributed by atoms with E-state index in [1.165, 1.54) is 12.3 Å². The summed E-state index contributed by atoms with van der Waals surface area (Å²) in [5, 5.41) is 2.83. The van der Waals surface area contributed by atoms with Gasteiger partial charge in [-0.1, -0.05) is 0 Å². The molecular formula is C26H34FN5O4. The third-order valence-electron chi connectivity index (χ3n) is 6.33. The van der Waals surface area contributed by atoms with Gasteiger partial charge >= 0.3 is 12.0 Å². The first-order valence-electron chi connectivity index (χ1n) is 12.5. The fourth-order valence-electron chi connectivity index (χ4n) is 4.68. The first-order valence-corrected chi connectivity index (χ1v) is 12.5. The number of urea groups is 1. The number of benzene rings is 1. The van der Waals surface area contributed by atoms with E-state index in [1.807, 2.05) is 18.7 Å². The summed E-state index contributed by atoms with van der Waals surface area (Å²) in [6.45, 7) is 9.68. The Morgan fingerprint density at radius 3 is 2.53 bits per heavy atom. The third-order valence-corrected chi connectivity index (χ3v) is 6.33. The molecule has 2 saturated heterocycles. The summed E-state index contributed by atoms with van der Waals surface area (Å²) in [5.41, 5.74) is 1.35. The van der Waals surface area contributed by atoms with Crippen LogP contribution in [0.25, 0.3) is 0 Å². The molecule has 1 aromatic heterocycles. The maximum absolute atomic E-state index is 14.9. The molecule has 0 saturated carbocycles. The number of hydrogen-bond donors (Lipinski definition) is 1. The second kappa shape index (κ2) is 11.6. The Labute approximate surface area is 211 Å². The van der Waals surface area contributed by atoms with Crippen molar-refractivity contribution in [1.29, 1.82) is 0 Å². The van der Waals surface area contributed by atoms with E-state index >= 15 is 0 Å². The first kappa shape index (κ1) is 25.7. The standard InChI is InChI=1S/C26H34FN5O4/c1-4-35-25(33)20-6-9-24(28-15-20)30-10-5-11-31(13-12-30)26(34)29-21-7-8-23(22(27)14-21)32-16-18(2)36-19(3)17-32/h6-9,14-15,18-19H,4-5,10-13,16-17H2,1-3H3,(H,29,34). The van der Waals surface area contributed by atoms with E-state index < -0.39 is 5.97 Å². The second-order valence-corrected chi connectivity index (χ2v) is 9.21. The molecule has 1 aromatic carbocycles. The summed E-state index contributed by atoms with van der Waals surface area (Å²) in [6, 6.07) is 8.06.